The molecule has 4 nitrogen and oxygen atoms in total. The maximum Gasteiger partial charge on any atom is 0.191 e. The number of nitrogens with zero attached hydrogens (tertiary/aromatic N) is 2. The van der Waals surface area contributed by atoms with Crippen molar-refractivity contribution in [3.63, 3.8) is 0 Å². The molecule has 0 spiro atoms. The molecule has 1 heterocycles. The summed E-state index contributed by atoms with van der Waals surface area (Å²) in [5, 5.41) is 3.86. The van der Waals surface area contributed by atoms with Gasteiger partial charge in [0.1, 0.15) is 6.61 Å². The van der Waals surface area contributed by atoms with Crippen molar-refractivity contribution in [1.82, 2.24) is 9.78 Å². The van der Waals surface area contributed by atoms with Crippen LogP contribution in [0.5, 0.6) is 0 Å². The predicted octanol–water partition coefficient (Wildman–Crippen LogP) is 0.249. The maximum atomic E-state index is 11.1. The molecule has 0 saturated heterocycles. The molecule has 0 fully saturated rings. The van der Waals surface area contributed by atoms with Crippen molar-refractivity contribution >= 4 is 5.78 Å². The molecule has 0 atom stereocenters. The minimum Gasteiger partial charge on any atom is -0.377 e. The van der Waals surface area contributed by atoms with Crippen LogP contribution in [0.25, 0.3) is 0 Å². The van der Waals surface area contributed by atoms with E-state index in [0.717, 1.165) is 0 Å². The smallest absolute Gasteiger partial charge is 0.191 e. The number of carbonyl (C=O) groups is 1. The van der Waals surface area contributed by atoms with Crippen molar-refractivity contribution in [2.45, 2.75) is 0 Å². The number of methoxy groups -OCH3 is 1. The van der Waals surface area contributed by atoms with Gasteiger partial charge >= 0.3 is 0 Å². The van der Waals surface area contributed by atoms with Gasteiger partial charge in [-0.05, 0) is 0 Å². The van der Waals surface area contributed by atoms with Gasteiger partial charge in [0.25, 0.3) is 0 Å². The van der Waals surface area contributed by atoms with Crippen molar-refractivity contribution in [1.29, 1.82) is 0 Å². The van der Waals surface area contributed by atoms with Gasteiger partial charge in [-0.3, -0.25) is 9.48 Å². The third-order valence-electron chi connectivity index (χ3n) is 1.30. The van der Waals surface area contributed by atoms with E-state index >= 15 is 0 Å². The van der Waals surface area contributed by atoms with Crippen molar-refractivity contribution in [2.24, 2.45) is 7.05 Å². The maximum absolute atomic E-state index is 11.1. The van der Waals surface area contributed by atoms with Crippen LogP contribution in [0.15, 0.2) is 12.4 Å². The minimum atomic E-state index is -0.0411. The summed E-state index contributed by atoms with van der Waals surface area (Å²) >= 11 is 0. The fourth-order valence-corrected chi connectivity index (χ4v) is 0.780. The second kappa shape index (κ2) is 3.30. The van der Waals surface area contributed by atoms with E-state index < -0.39 is 0 Å². The largest absolute Gasteiger partial charge is 0.377 e. The summed E-state index contributed by atoms with van der Waals surface area (Å²) in [6.45, 7) is 0.117. The van der Waals surface area contributed by atoms with Crippen LogP contribution < -0.4 is 0 Å². The fraction of sp³-hybridized carbons (Fsp3) is 0.429. The molecule has 0 aliphatic carbocycles. The first-order valence-electron chi connectivity index (χ1n) is 3.25. The van der Waals surface area contributed by atoms with Crippen LogP contribution in [0, 0.1) is 0 Å². The Morgan fingerprint density at radius 1 is 1.82 bits per heavy atom. The average molecular weight is 154 g/mol. The van der Waals surface area contributed by atoms with Crippen molar-refractivity contribution < 1.29 is 9.53 Å². The Labute approximate surface area is 64.8 Å². The Morgan fingerprint density at radius 2 is 2.55 bits per heavy atom. The Hall–Kier alpha value is -1.16. The predicted molar refractivity (Wildman–Crippen MR) is 39.4 cm³/mol. The summed E-state index contributed by atoms with van der Waals surface area (Å²) in [6.07, 6.45) is 3.20. The summed E-state index contributed by atoms with van der Waals surface area (Å²) in [7, 11) is 3.26. The number of Topliss-reactive ketones (excluding diaryl/α,β-unsaturated/α-hetero) is 1. The number of hydrogen-bond donors (Lipinski definition) is 0. The third kappa shape index (κ3) is 1.88. The van der Waals surface area contributed by atoms with Gasteiger partial charge in [0.15, 0.2) is 5.78 Å². The lowest BCUT2D eigenvalue weighted by molar-refractivity contribution is 0.0848. The van der Waals surface area contributed by atoms with Crippen LogP contribution in [0.4, 0.5) is 0 Å². The van der Waals surface area contributed by atoms with Gasteiger partial charge in [0.05, 0.1) is 11.8 Å². The molecule has 0 aliphatic rings. The van der Waals surface area contributed by atoms with Crippen LogP contribution in [0.2, 0.25) is 0 Å². The van der Waals surface area contributed by atoms with E-state index in [2.05, 4.69) is 9.84 Å². The van der Waals surface area contributed by atoms with Gasteiger partial charge in [-0.25, -0.2) is 0 Å². The Morgan fingerprint density at radius 3 is 3.00 bits per heavy atom. The number of carbonyl (C=O) groups excluding carboxylic acids is 1. The van der Waals surface area contributed by atoms with E-state index in [1.54, 1.807) is 17.9 Å². The monoisotopic (exact) mass is 154 g/mol. The molecular formula is C7H10N2O2. The van der Waals surface area contributed by atoms with Crippen LogP contribution >= 0.6 is 0 Å². The molecule has 0 bridgehead atoms. The highest BCUT2D eigenvalue weighted by molar-refractivity contribution is 5.96. The van der Waals surface area contributed by atoms with Crippen molar-refractivity contribution in [3.8, 4) is 0 Å². The molecule has 1 rings (SSSR count). The summed E-state index contributed by atoms with van der Waals surface area (Å²) in [5.41, 5.74) is 0.592. The molecule has 0 aromatic carbocycles. The van der Waals surface area contributed by atoms with Gasteiger partial charge in [0.2, 0.25) is 0 Å². The average Bonchev–Trinajstić information content (AvgIpc) is 2.36. The molecule has 0 aliphatic heterocycles. The fourth-order valence-electron chi connectivity index (χ4n) is 0.780. The van der Waals surface area contributed by atoms with Gasteiger partial charge in [-0.2, -0.15) is 5.10 Å². The van der Waals surface area contributed by atoms with E-state index in [1.165, 1.54) is 13.3 Å². The lowest BCUT2D eigenvalue weighted by Gasteiger charge is -1.92. The molecule has 1 aromatic heterocycles. The SMILES string of the molecule is COCC(=O)c1cnn(C)c1. The molecular weight excluding hydrogens is 144 g/mol. The zero-order valence-electron chi connectivity index (χ0n) is 6.57. The molecule has 0 radical (unpaired) electrons. The summed E-state index contributed by atoms with van der Waals surface area (Å²) in [6, 6.07) is 0. The number of ether oxygens (including phenoxy) is 1. The quantitative estimate of drug-likeness (QED) is 0.586. The van der Waals surface area contributed by atoms with Crippen LogP contribution in [0.3, 0.4) is 0 Å². The van der Waals surface area contributed by atoms with Gasteiger partial charge in [-0.1, -0.05) is 0 Å². The van der Waals surface area contributed by atoms with E-state index in [-0.39, 0.29) is 12.4 Å². The first kappa shape index (κ1) is 7.94. The lowest BCUT2D eigenvalue weighted by Crippen LogP contribution is -2.05. The van der Waals surface area contributed by atoms with Crippen molar-refractivity contribution in [2.75, 3.05) is 13.7 Å². The molecule has 0 amide bonds. The lowest BCUT2D eigenvalue weighted by atomic mass is 10.2. The van der Waals surface area contributed by atoms with Crippen LogP contribution in [-0.4, -0.2) is 29.3 Å². The first-order chi connectivity index (χ1) is 5.24. The number of rotatable bonds is 3. The number of hydrogen-bond acceptors (Lipinski definition) is 3. The molecule has 0 N–H and O–H groups in total. The Balaban J connectivity index is 2.69. The standard InChI is InChI=1S/C7H10N2O2/c1-9-4-6(3-8-9)7(10)5-11-2/h3-4H,5H2,1-2H3. The molecule has 0 unspecified atom stereocenters. The number of ketones is 1. The van der Waals surface area contributed by atoms with Gasteiger partial charge in [-0.15, -0.1) is 0 Å². The third-order valence-corrected chi connectivity index (χ3v) is 1.30. The topological polar surface area (TPSA) is 44.1 Å². The molecule has 0 saturated carbocycles. The molecule has 11 heavy (non-hydrogen) atoms. The highest BCUT2D eigenvalue weighted by Crippen LogP contribution is 1.97. The van der Waals surface area contributed by atoms with Crippen LogP contribution in [-0.2, 0) is 11.8 Å². The second-order valence-corrected chi connectivity index (χ2v) is 2.26. The molecule has 60 valence electrons. The highest BCUT2D eigenvalue weighted by atomic mass is 16.5. The van der Waals surface area contributed by atoms with Crippen molar-refractivity contribution in [3.05, 3.63) is 18.0 Å². The summed E-state index contributed by atoms with van der Waals surface area (Å²) in [4.78, 5) is 11.1. The zero-order valence-corrected chi connectivity index (χ0v) is 6.57. The normalized spacial score (nSPS) is 10.0. The Kier molecular flexibility index (Phi) is 2.38. The second-order valence-electron chi connectivity index (χ2n) is 2.26. The summed E-state index contributed by atoms with van der Waals surface area (Å²) in [5.74, 6) is -0.0411. The first-order valence-corrected chi connectivity index (χ1v) is 3.25. The van der Waals surface area contributed by atoms with E-state index in [0.29, 0.717) is 5.56 Å². The minimum absolute atomic E-state index is 0.0411. The van der Waals surface area contributed by atoms with E-state index in [4.69, 9.17) is 0 Å². The van der Waals surface area contributed by atoms with Gasteiger partial charge < -0.3 is 4.74 Å². The zero-order chi connectivity index (χ0) is 8.27. The highest BCUT2D eigenvalue weighted by Gasteiger charge is 2.05. The van der Waals surface area contributed by atoms with Crippen LogP contribution in [0.1, 0.15) is 10.4 Å². The number of aromatic nitrogens is 2. The Bertz CT molecular complexity index is 255. The molecule has 4 heteroatoms. The van der Waals surface area contributed by atoms with E-state index in [1.807, 2.05) is 0 Å². The van der Waals surface area contributed by atoms with Gasteiger partial charge in [0, 0.05) is 20.4 Å². The molecule has 1 aromatic rings. The summed E-state index contributed by atoms with van der Waals surface area (Å²) < 4.78 is 6.27. The number of aryl methyl sites for hydroxylation is 1. The van der Waals surface area contributed by atoms with E-state index in [9.17, 15) is 4.79 Å².